The number of nitrogens with two attached hydrogens (primary N) is 1. The molecule has 1 aromatic heterocycles. The minimum absolute atomic E-state index is 0.0253. The van der Waals surface area contributed by atoms with Crippen LogP contribution in [0, 0.1) is 6.92 Å². The molecule has 154 valence electrons. The van der Waals surface area contributed by atoms with Crippen LogP contribution in [-0.4, -0.2) is 29.5 Å². The second kappa shape index (κ2) is 8.28. The third-order valence-electron chi connectivity index (χ3n) is 5.18. The Morgan fingerprint density at radius 3 is 2.70 bits per heavy atom. The van der Waals surface area contributed by atoms with E-state index in [0.29, 0.717) is 10.8 Å². The number of carbonyl (C=O) groups excluding carboxylic acids is 2. The second-order valence-electron chi connectivity index (χ2n) is 7.47. The molecule has 0 unspecified atom stereocenters. The Morgan fingerprint density at radius 1 is 1.20 bits per heavy atom. The number of rotatable bonds is 5. The molecule has 0 bridgehead atoms. The fourth-order valence-electron chi connectivity index (χ4n) is 3.77. The quantitative estimate of drug-likeness (QED) is 0.634. The highest BCUT2D eigenvalue weighted by atomic mass is 32.1. The lowest BCUT2D eigenvalue weighted by atomic mass is 10.1. The van der Waals surface area contributed by atoms with Gasteiger partial charge in [-0.1, -0.05) is 48.0 Å². The van der Waals surface area contributed by atoms with Crippen LogP contribution in [0.25, 0.3) is 11.3 Å². The van der Waals surface area contributed by atoms with Crippen LogP contribution in [0.2, 0.25) is 0 Å². The van der Waals surface area contributed by atoms with Crippen molar-refractivity contribution in [3.05, 3.63) is 64.5 Å². The molecule has 7 heteroatoms. The number of nitrogens with zero attached hydrogens (tertiary/aromatic N) is 2. The molecule has 4 rings (SSSR count). The Kier molecular flexibility index (Phi) is 5.55. The first-order valence-corrected chi connectivity index (χ1v) is 10.6. The third-order valence-corrected chi connectivity index (χ3v) is 6.06. The number of thiazole rings is 1. The Hall–Kier alpha value is -3.19. The number of carbonyl (C=O) groups is 2. The molecule has 30 heavy (non-hydrogen) atoms. The van der Waals surface area contributed by atoms with Crippen molar-refractivity contribution in [2.24, 2.45) is 0 Å². The summed E-state index contributed by atoms with van der Waals surface area (Å²) in [6.07, 6.45) is 0.827. The number of aromatic nitrogens is 1. The maximum Gasteiger partial charge on any atom is 0.311 e. The molecule has 1 aliphatic rings. The maximum absolute atomic E-state index is 12.7. The second-order valence-corrected chi connectivity index (χ2v) is 8.59. The Balaban J connectivity index is 1.41. The van der Waals surface area contributed by atoms with Gasteiger partial charge in [-0.3, -0.25) is 9.59 Å². The number of hydrogen-bond acceptors (Lipinski definition) is 6. The summed E-state index contributed by atoms with van der Waals surface area (Å²) in [4.78, 5) is 32.0. The molecule has 0 radical (unpaired) electrons. The van der Waals surface area contributed by atoms with E-state index in [2.05, 4.69) is 4.98 Å². The fourth-order valence-corrected chi connectivity index (χ4v) is 4.61. The number of hydrogen-bond donors (Lipinski definition) is 1. The van der Waals surface area contributed by atoms with Gasteiger partial charge >= 0.3 is 5.97 Å². The van der Waals surface area contributed by atoms with Gasteiger partial charge in [-0.2, -0.15) is 0 Å². The highest BCUT2D eigenvalue weighted by molar-refractivity contribution is 7.15. The van der Waals surface area contributed by atoms with Crippen LogP contribution in [0.5, 0.6) is 0 Å². The summed E-state index contributed by atoms with van der Waals surface area (Å²) < 4.78 is 5.31. The standard InChI is InChI=1S/C23H23N3O3S/c1-14-7-9-16(10-8-14)22-19(30-23(24)25-22)12-21(28)29-13-20(27)26-15(2)11-17-5-3-4-6-18(17)26/h3-10,15H,11-13H2,1-2H3,(H2,24,25)/t15-/m1/s1. The van der Waals surface area contributed by atoms with E-state index >= 15 is 0 Å². The van der Waals surface area contributed by atoms with Gasteiger partial charge in [-0.25, -0.2) is 4.98 Å². The first kappa shape index (κ1) is 20.1. The summed E-state index contributed by atoms with van der Waals surface area (Å²) in [5.74, 6) is -0.691. The molecule has 3 aromatic rings. The van der Waals surface area contributed by atoms with Gasteiger partial charge < -0.3 is 15.4 Å². The first-order chi connectivity index (χ1) is 14.4. The average Bonchev–Trinajstić information content (AvgIpc) is 3.25. The lowest BCUT2D eigenvalue weighted by molar-refractivity contribution is -0.147. The normalized spacial score (nSPS) is 15.1. The predicted molar refractivity (Wildman–Crippen MR) is 118 cm³/mol. The summed E-state index contributed by atoms with van der Waals surface area (Å²) >= 11 is 1.26. The lowest BCUT2D eigenvalue weighted by Gasteiger charge is -2.22. The van der Waals surface area contributed by atoms with Crippen LogP contribution in [0.1, 0.15) is 22.9 Å². The molecular formula is C23H23N3O3S. The molecule has 0 saturated heterocycles. The van der Waals surface area contributed by atoms with Crippen LogP contribution >= 0.6 is 11.3 Å². The monoisotopic (exact) mass is 421 g/mol. The number of benzene rings is 2. The van der Waals surface area contributed by atoms with Crippen LogP contribution in [-0.2, 0) is 27.2 Å². The van der Waals surface area contributed by atoms with Crippen LogP contribution in [0.4, 0.5) is 10.8 Å². The van der Waals surface area contributed by atoms with E-state index in [4.69, 9.17) is 10.5 Å². The Labute approximate surface area is 179 Å². The number of fused-ring (bicyclic) bond motifs is 1. The number of ether oxygens (including phenoxy) is 1. The summed E-state index contributed by atoms with van der Waals surface area (Å²) in [7, 11) is 0. The Morgan fingerprint density at radius 2 is 1.93 bits per heavy atom. The zero-order chi connectivity index (χ0) is 21.3. The number of aryl methyl sites for hydroxylation is 1. The van der Waals surface area contributed by atoms with E-state index in [9.17, 15) is 9.59 Å². The summed E-state index contributed by atoms with van der Waals surface area (Å²) in [5.41, 5.74) is 10.6. The van der Waals surface area contributed by atoms with Crippen molar-refractivity contribution in [1.82, 2.24) is 4.98 Å². The van der Waals surface area contributed by atoms with Crippen molar-refractivity contribution in [3.63, 3.8) is 0 Å². The third kappa shape index (κ3) is 4.07. The number of para-hydroxylation sites is 1. The van der Waals surface area contributed by atoms with Gasteiger partial charge in [-0.15, -0.1) is 11.3 Å². The molecule has 2 aromatic carbocycles. The van der Waals surface area contributed by atoms with E-state index in [1.54, 1.807) is 4.90 Å². The molecule has 2 N–H and O–H groups in total. The van der Waals surface area contributed by atoms with Gasteiger partial charge in [0.1, 0.15) is 0 Å². The number of anilines is 2. The van der Waals surface area contributed by atoms with Crippen molar-refractivity contribution >= 4 is 34.0 Å². The molecule has 0 aliphatic carbocycles. The summed E-state index contributed by atoms with van der Waals surface area (Å²) in [5, 5.41) is 0.395. The largest absolute Gasteiger partial charge is 0.455 e. The predicted octanol–water partition coefficient (Wildman–Crippen LogP) is 3.76. The van der Waals surface area contributed by atoms with E-state index in [1.807, 2.05) is 62.4 Å². The zero-order valence-electron chi connectivity index (χ0n) is 16.9. The van der Waals surface area contributed by atoms with E-state index in [-0.39, 0.29) is 25.0 Å². The maximum atomic E-state index is 12.7. The molecule has 6 nitrogen and oxygen atoms in total. The minimum atomic E-state index is -0.472. The lowest BCUT2D eigenvalue weighted by Crippen LogP contribution is -2.38. The molecular weight excluding hydrogens is 398 g/mol. The highest BCUT2D eigenvalue weighted by Crippen LogP contribution is 2.32. The molecule has 1 atom stereocenters. The highest BCUT2D eigenvalue weighted by Gasteiger charge is 2.31. The molecule has 0 spiro atoms. The van der Waals surface area contributed by atoms with Crippen LogP contribution in [0.3, 0.4) is 0 Å². The summed E-state index contributed by atoms with van der Waals surface area (Å²) in [6, 6.07) is 15.7. The molecule has 1 amide bonds. The van der Waals surface area contributed by atoms with E-state index in [1.165, 1.54) is 11.3 Å². The van der Waals surface area contributed by atoms with Crippen molar-refractivity contribution in [1.29, 1.82) is 0 Å². The van der Waals surface area contributed by atoms with Crippen molar-refractivity contribution in [2.45, 2.75) is 32.7 Å². The summed E-state index contributed by atoms with van der Waals surface area (Å²) in [6.45, 7) is 3.72. The molecule has 1 aliphatic heterocycles. The van der Waals surface area contributed by atoms with E-state index < -0.39 is 5.97 Å². The van der Waals surface area contributed by atoms with Crippen LogP contribution < -0.4 is 10.6 Å². The SMILES string of the molecule is Cc1ccc(-c2nc(N)sc2CC(=O)OCC(=O)N2c3ccccc3C[C@H]2C)cc1. The van der Waals surface area contributed by atoms with Gasteiger partial charge in [0.25, 0.3) is 5.91 Å². The average molecular weight is 422 g/mol. The van der Waals surface area contributed by atoms with Gasteiger partial charge in [0, 0.05) is 22.2 Å². The minimum Gasteiger partial charge on any atom is -0.455 e. The molecule has 0 saturated carbocycles. The van der Waals surface area contributed by atoms with E-state index in [0.717, 1.165) is 33.7 Å². The van der Waals surface area contributed by atoms with Crippen molar-refractivity contribution < 1.29 is 14.3 Å². The number of esters is 1. The smallest absolute Gasteiger partial charge is 0.311 e. The number of amides is 1. The van der Waals surface area contributed by atoms with Crippen molar-refractivity contribution in [2.75, 3.05) is 17.2 Å². The van der Waals surface area contributed by atoms with Crippen LogP contribution in [0.15, 0.2) is 48.5 Å². The van der Waals surface area contributed by atoms with Gasteiger partial charge in [0.2, 0.25) is 0 Å². The molecule has 0 fully saturated rings. The zero-order valence-corrected chi connectivity index (χ0v) is 17.7. The van der Waals surface area contributed by atoms with Gasteiger partial charge in [-0.05, 0) is 31.9 Å². The topological polar surface area (TPSA) is 85.5 Å². The first-order valence-electron chi connectivity index (χ1n) is 9.80. The van der Waals surface area contributed by atoms with Gasteiger partial charge in [0.05, 0.1) is 12.1 Å². The number of nitrogen functional groups attached to an aromatic ring is 1. The van der Waals surface area contributed by atoms with Crippen molar-refractivity contribution in [3.8, 4) is 11.3 Å². The fraction of sp³-hybridized carbons (Fsp3) is 0.261. The molecule has 2 heterocycles. The van der Waals surface area contributed by atoms with Gasteiger partial charge in [0.15, 0.2) is 11.7 Å². The Bertz CT molecular complexity index is 1090.